The molecule has 6 heteroatoms. The van der Waals surface area contributed by atoms with E-state index in [4.69, 9.17) is 0 Å². The Morgan fingerprint density at radius 2 is 2.00 bits per heavy atom. The molecule has 3 rings (SSSR count). The van der Waals surface area contributed by atoms with Crippen molar-refractivity contribution in [2.45, 2.75) is 19.0 Å². The lowest BCUT2D eigenvalue weighted by Crippen LogP contribution is -2.38. The Hall–Kier alpha value is -2.99. The Labute approximate surface area is 144 Å². The summed E-state index contributed by atoms with van der Waals surface area (Å²) in [5.74, 6) is -1.31. The summed E-state index contributed by atoms with van der Waals surface area (Å²) in [6.45, 7) is 0.269. The molecule has 0 bridgehead atoms. The first-order valence-corrected chi connectivity index (χ1v) is 7.90. The molecule has 0 aliphatic rings. The zero-order valence-electron chi connectivity index (χ0n) is 13.5. The van der Waals surface area contributed by atoms with Crippen LogP contribution < -0.4 is 5.32 Å². The molecule has 0 saturated heterocycles. The van der Waals surface area contributed by atoms with Crippen LogP contribution in [-0.4, -0.2) is 26.7 Å². The van der Waals surface area contributed by atoms with E-state index in [1.807, 2.05) is 30.3 Å². The summed E-state index contributed by atoms with van der Waals surface area (Å²) in [5, 5.41) is 12.4. The summed E-state index contributed by atoms with van der Waals surface area (Å²) in [6.07, 6.45) is 5.13. The van der Waals surface area contributed by atoms with Crippen LogP contribution in [0.4, 0.5) is 4.39 Å². The largest absolute Gasteiger partial charge is 0.480 e. The molecule has 5 nitrogen and oxygen atoms in total. The van der Waals surface area contributed by atoms with E-state index in [-0.39, 0.29) is 12.4 Å². The zero-order valence-corrected chi connectivity index (χ0v) is 13.5. The third-order valence-electron chi connectivity index (χ3n) is 3.93. The second-order valence-electron chi connectivity index (χ2n) is 5.72. The molecule has 0 aliphatic carbocycles. The molecular weight excluding hydrogens is 321 g/mol. The van der Waals surface area contributed by atoms with Crippen molar-refractivity contribution in [2.75, 3.05) is 0 Å². The molecule has 0 saturated carbocycles. The van der Waals surface area contributed by atoms with Crippen LogP contribution in [0.1, 0.15) is 11.1 Å². The van der Waals surface area contributed by atoms with E-state index in [2.05, 4.69) is 10.3 Å². The SMILES string of the molecule is O=C(O)C(Cc1ccccc1)NCc1ccc(-n2ccnc2)c(F)c1. The number of imidazole rings is 1. The van der Waals surface area contributed by atoms with Crippen molar-refractivity contribution in [1.29, 1.82) is 0 Å². The number of benzene rings is 2. The van der Waals surface area contributed by atoms with E-state index in [0.29, 0.717) is 17.7 Å². The van der Waals surface area contributed by atoms with Gasteiger partial charge in [-0.25, -0.2) is 9.37 Å². The number of carboxylic acids is 1. The van der Waals surface area contributed by atoms with Crippen LogP contribution in [0.25, 0.3) is 5.69 Å². The minimum atomic E-state index is -0.931. The van der Waals surface area contributed by atoms with E-state index < -0.39 is 12.0 Å². The maximum absolute atomic E-state index is 14.3. The van der Waals surface area contributed by atoms with E-state index in [9.17, 15) is 14.3 Å². The number of aromatic nitrogens is 2. The van der Waals surface area contributed by atoms with Crippen LogP contribution in [0.2, 0.25) is 0 Å². The van der Waals surface area contributed by atoms with Crippen molar-refractivity contribution < 1.29 is 14.3 Å². The van der Waals surface area contributed by atoms with Crippen LogP contribution in [0.3, 0.4) is 0 Å². The van der Waals surface area contributed by atoms with Crippen LogP contribution in [0.15, 0.2) is 67.3 Å². The first-order valence-electron chi connectivity index (χ1n) is 7.90. The fraction of sp³-hybridized carbons (Fsp3) is 0.158. The lowest BCUT2D eigenvalue weighted by molar-refractivity contribution is -0.139. The van der Waals surface area contributed by atoms with Gasteiger partial charge in [-0.2, -0.15) is 0 Å². The van der Waals surface area contributed by atoms with Crippen molar-refractivity contribution in [3.63, 3.8) is 0 Å². The molecule has 1 unspecified atom stereocenters. The summed E-state index contributed by atoms with van der Waals surface area (Å²) in [7, 11) is 0. The molecule has 0 radical (unpaired) electrons. The van der Waals surface area contributed by atoms with E-state index in [1.54, 1.807) is 29.1 Å². The normalized spacial score (nSPS) is 12.0. The number of nitrogens with zero attached hydrogens (tertiary/aromatic N) is 2. The topological polar surface area (TPSA) is 67.2 Å². The third kappa shape index (κ3) is 4.30. The number of rotatable bonds is 7. The van der Waals surface area contributed by atoms with Crippen molar-refractivity contribution in [2.24, 2.45) is 0 Å². The van der Waals surface area contributed by atoms with E-state index >= 15 is 0 Å². The van der Waals surface area contributed by atoms with Gasteiger partial charge in [-0.3, -0.25) is 4.79 Å². The van der Waals surface area contributed by atoms with Crippen LogP contribution >= 0.6 is 0 Å². The van der Waals surface area contributed by atoms with Gasteiger partial charge in [-0.15, -0.1) is 0 Å². The minimum Gasteiger partial charge on any atom is -0.480 e. The average molecular weight is 339 g/mol. The number of halogens is 1. The summed E-state index contributed by atoms with van der Waals surface area (Å²) in [4.78, 5) is 15.4. The Morgan fingerprint density at radius 3 is 2.64 bits per heavy atom. The van der Waals surface area contributed by atoms with Gasteiger partial charge in [0.15, 0.2) is 0 Å². The fourth-order valence-electron chi connectivity index (χ4n) is 2.61. The number of carboxylic acid groups (broad SMARTS) is 1. The maximum atomic E-state index is 14.3. The Morgan fingerprint density at radius 1 is 1.20 bits per heavy atom. The highest BCUT2D eigenvalue weighted by Gasteiger charge is 2.17. The number of hydrogen-bond acceptors (Lipinski definition) is 3. The second kappa shape index (κ2) is 7.72. The molecule has 0 spiro atoms. The summed E-state index contributed by atoms with van der Waals surface area (Å²) in [6, 6.07) is 13.5. The fourth-order valence-corrected chi connectivity index (χ4v) is 2.61. The summed E-state index contributed by atoms with van der Waals surface area (Å²) < 4.78 is 15.8. The highest BCUT2D eigenvalue weighted by atomic mass is 19.1. The predicted octanol–water partition coefficient (Wildman–Crippen LogP) is 2.80. The molecule has 1 aromatic heterocycles. The molecule has 0 amide bonds. The van der Waals surface area contributed by atoms with Gasteiger partial charge in [0, 0.05) is 18.9 Å². The van der Waals surface area contributed by atoms with Crippen molar-refractivity contribution >= 4 is 5.97 Å². The summed E-state index contributed by atoms with van der Waals surface area (Å²) in [5.41, 5.74) is 2.02. The zero-order chi connectivity index (χ0) is 17.6. The molecule has 2 aromatic carbocycles. The quantitative estimate of drug-likeness (QED) is 0.695. The average Bonchev–Trinajstić information content (AvgIpc) is 3.13. The van der Waals surface area contributed by atoms with Crippen LogP contribution in [0, 0.1) is 5.82 Å². The van der Waals surface area contributed by atoms with Crippen molar-refractivity contribution in [3.05, 3.63) is 84.2 Å². The molecule has 0 fully saturated rings. The second-order valence-corrected chi connectivity index (χ2v) is 5.72. The molecule has 2 N–H and O–H groups in total. The number of nitrogens with one attached hydrogen (secondary N) is 1. The molecule has 1 heterocycles. The van der Waals surface area contributed by atoms with Gasteiger partial charge in [0.1, 0.15) is 11.9 Å². The van der Waals surface area contributed by atoms with Gasteiger partial charge in [0.05, 0.1) is 12.0 Å². The molecule has 128 valence electrons. The minimum absolute atomic E-state index is 0.269. The molecular formula is C19H18FN3O2. The van der Waals surface area contributed by atoms with Crippen molar-refractivity contribution in [1.82, 2.24) is 14.9 Å². The third-order valence-corrected chi connectivity index (χ3v) is 3.93. The van der Waals surface area contributed by atoms with Gasteiger partial charge in [-0.1, -0.05) is 36.4 Å². The van der Waals surface area contributed by atoms with Crippen LogP contribution in [-0.2, 0) is 17.8 Å². The lowest BCUT2D eigenvalue weighted by Gasteiger charge is -2.15. The van der Waals surface area contributed by atoms with Crippen molar-refractivity contribution in [3.8, 4) is 5.69 Å². The highest BCUT2D eigenvalue weighted by Crippen LogP contribution is 2.15. The predicted molar refractivity (Wildman–Crippen MR) is 91.9 cm³/mol. The summed E-state index contributed by atoms with van der Waals surface area (Å²) >= 11 is 0. The van der Waals surface area contributed by atoms with Gasteiger partial charge in [0.2, 0.25) is 0 Å². The number of hydrogen-bond donors (Lipinski definition) is 2. The smallest absolute Gasteiger partial charge is 0.321 e. The first-order chi connectivity index (χ1) is 12.1. The number of aliphatic carboxylic acids is 1. The van der Waals surface area contributed by atoms with Gasteiger partial charge < -0.3 is 15.0 Å². The van der Waals surface area contributed by atoms with Gasteiger partial charge in [-0.05, 0) is 29.7 Å². The number of carbonyl (C=O) groups is 1. The molecule has 3 aromatic rings. The lowest BCUT2D eigenvalue weighted by atomic mass is 10.1. The Balaban J connectivity index is 1.67. The van der Waals surface area contributed by atoms with E-state index in [1.165, 1.54) is 12.4 Å². The van der Waals surface area contributed by atoms with E-state index in [0.717, 1.165) is 5.56 Å². The monoisotopic (exact) mass is 339 g/mol. The standard InChI is InChI=1S/C19H18FN3O2/c20-16-10-15(6-7-18(16)23-9-8-21-13-23)12-22-17(19(24)25)11-14-4-2-1-3-5-14/h1-10,13,17,22H,11-12H2,(H,24,25). The van der Waals surface area contributed by atoms with Crippen LogP contribution in [0.5, 0.6) is 0 Å². The first kappa shape index (κ1) is 16.9. The molecule has 25 heavy (non-hydrogen) atoms. The molecule has 0 aliphatic heterocycles. The maximum Gasteiger partial charge on any atom is 0.321 e. The Bertz CT molecular complexity index is 835. The Kier molecular flexibility index (Phi) is 5.20. The molecule has 1 atom stereocenters. The highest BCUT2D eigenvalue weighted by molar-refractivity contribution is 5.73. The van der Waals surface area contributed by atoms with Gasteiger partial charge in [0.25, 0.3) is 0 Å². The van der Waals surface area contributed by atoms with Gasteiger partial charge >= 0.3 is 5.97 Å².